The molecule has 1 aliphatic rings. The van der Waals surface area contributed by atoms with Gasteiger partial charge in [0.25, 0.3) is 5.69 Å². The van der Waals surface area contributed by atoms with Gasteiger partial charge < -0.3 is 10.2 Å². The van der Waals surface area contributed by atoms with Crippen molar-refractivity contribution in [2.45, 2.75) is 30.4 Å². The summed E-state index contributed by atoms with van der Waals surface area (Å²) in [5.41, 5.74) is 2.64. The molecule has 1 amide bonds. The number of thioether (sulfide) groups is 1. The number of benzene rings is 2. The monoisotopic (exact) mass is 442 g/mol. The smallest absolute Gasteiger partial charge is 0.269 e. The van der Waals surface area contributed by atoms with Crippen LogP contribution in [0, 0.1) is 17.0 Å². The molecule has 0 saturated carbocycles. The van der Waals surface area contributed by atoms with Gasteiger partial charge in [-0.2, -0.15) is 0 Å². The number of nitro benzene ring substituents is 1. The Balaban J connectivity index is 1.32. The van der Waals surface area contributed by atoms with Gasteiger partial charge in [0.15, 0.2) is 0 Å². The van der Waals surface area contributed by atoms with Crippen molar-refractivity contribution in [3.8, 4) is 0 Å². The van der Waals surface area contributed by atoms with Gasteiger partial charge in [-0.3, -0.25) is 19.8 Å². The Morgan fingerprint density at radius 2 is 1.87 bits per heavy atom. The lowest BCUT2D eigenvalue weighted by atomic mass is 10.2. The van der Waals surface area contributed by atoms with Crippen LogP contribution in [0.4, 0.5) is 11.4 Å². The Kier molecular flexibility index (Phi) is 8.31. The summed E-state index contributed by atoms with van der Waals surface area (Å²) in [6.45, 7) is 9.74. The average molecular weight is 443 g/mol. The minimum Gasteiger partial charge on any atom is -0.369 e. The number of nitrogens with one attached hydrogen (secondary N) is 1. The van der Waals surface area contributed by atoms with Crippen LogP contribution in [0.3, 0.4) is 0 Å². The highest BCUT2D eigenvalue weighted by Gasteiger charge is 2.18. The molecule has 2 aromatic carbocycles. The van der Waals surface area contributed by atoms with Crippen molar-refractivity contribution in [3.05, 3.63) is 64.2 Å². The van der Waals surface area contributed by atoms with E-state index in [0.717, 1.165) is 44.0 Å². The van der Waals surface area contributed by atoms with Gasteiger partial charge in [0.1, 0.15) is 0 Å². The van der Waals surface area contributed by atoms with Gasteiger partial charge in [-0.15, -0.1) is 11.8 Å². The minimum atomic E-state index is -0.424. The molecule has 1 unspecified atom stereocenters. The van der Waals surface area contributed by atoms with Crippen LogP contribution in [0.15, 0.2) is 53.4 Å². The fraction of sp³-hybridized carbons (Fsp3) is 0.435. The molecule has 1 saturated heterocycles. The van der Waals surface area contributed by atoms with Crippen molar-refractivity contribution < 1.29 is 9.72 Å². The largest absolute Gasteiger partial charge is 0.369 e. The lowest BCUT2D eigenvalue weighted by molar-refractivity contribution is -0.384. The highest BCUT2D eigenvalue weighted by molar-refractivity contribution is 8.00. The topological polar surface area (TPSA) is 78.7 Å². The summed E-state index contributed by atoms with van der Waals surface area (Å²) in [5, 5.41) is 13.5. The number of non-ortho nitro benzene ring substituents is 1. The molecular formula is C23H30N4O3S. The molecule has 1 fully saturated rings. The molecule has 7 nitrogen and oxygen atoms in total. The van der Waals surface area contributed by atoms with E-state index >= 15 is 0 Å². The van der Waals surface area contributed by atoms with Gasteiger partial charge in [-0.1, -0.05) is 12.1 Å². The number of amides is 1. The zero-order chi connectivity index (χ0) is 22.2. The molecule has 0 radical (unpaired) electrons. The van der Waals surface area contributed by atoms with E-state index in [1.165, 1.54) is 35.1 Å². The molecule has 0 spiro atoms. The standard InChI is InChI=1S/C23H30N4O3S/c1-18-5-3-6-21(17-18)26-15-13-25(14-16-26)12-4-11-24-23(28)19(2)31-22-9-7-20(8-10-22)27(29)30/h3,5-10,17,19H,4,11-16H2,1-2H3,(H,24,28). The highest BCUT2D eigenvalue weighted by Crippen LogP contribution is 2.25. The summed E-state index contributed by atoms with van der Waals surface area (Å²) in [5.74, 6) is -0.00683. The van der Waals surface area contributed by atoms with E-state index in [2.05, 4.69) is 46.3 Å². The summed E-state index contributed by atoms with van der Waals surface area (Å²) < 4.78 is 0. The zero-order valence-electron chi connectivity index (χ0n) is 18.1. The SMILES string of the molecule is Cc1cccc(N2CCN(CCCNC(=O)C(C)Sc3ccc([N+](=O)[O-])cc3)CC2)c1. The van der Waals surface area contributed by atoms with E-state index in [-0.39, 0.29) is 16.8 Å². The Morgan fingerprint density at radius 3 is 2.52 bits per heavy atom. The number of hydrogen-bond donors (Lipinski definition) is 1. The highest BCUT2D eigenvalue weighted by atomic mass is 32.2. The van der Waals surface area contributed by atoms with Gasteiger partial charge in [-0.25, -0.2) is 0 Å². The Morgan fingerprint density at radius 1 is 1.16 bits per heavy atom. The molecule has 2 aromatic rings. The number of nitro groups is 1. The van der Waals surface area contributed by atoms with Crippen LogP contribution >= 0.6 is 11.8 Å². The Labute approximate surface area is 188 Å². The van der Waals surface area contributed by atoms with Crippen molar-refractivity contribution in [1.29, 1.82) is 0 Å². The number of nitrogens with zero attached hydrogens (tertiary/aromatic N) is 3. The summed E-state index contributed by atoms with van der Waals surface area (Å²) >= 11 is 1.41. The van der Waals surface area contributed by atoms with E-state index in [9.17, 15) is 14.9 Å². The first kappa shape index (κ1) is 23.1. The number of carbonyl (C=O) groups is 1. The van der Waals surface area contributed by atoms with Crippen LogP contribution in [0.25, 0.3) is 0 Å². The average Bonchev–Trinajstić information content (AvgIpc) is 2.77. The van der Waals surface area contributed by atoms with Crippen molar-refractivity contribution in [1.82, 2.24) is 10.2 Å². The molecule has 1 aliphatic heterocycles. The second kappa shape index (κ2) is 11.2. The first-order chi connectivity index (χ1) is 14.9. The third-order valence-electron chi connectivity index (χ3n) is 5.42. The van der Waals surface area contributed by atoms with E-state index in [1.54, 1.807) is 12.1 Å². The van der Waals surface area contributed by atoms with Crippen LogP contribution < -0.4 is 10.2 Å². The second-order valence-electron chi connectivity index (χ2n) is 7.82. The molecule has 1 N–H and O–H groups in total. The van der Waals surface area contributed by atoms with E-state index in [4.69, 9.17) is 0 Å². The summed E-state index contributed by atoms with van der Waals surface area (Å²) in [4.78, 5) is 28.4. The molecule has 0 aliphatic carbocycles. The summed E-state index contributed by atoms with van der Waals surface area (Å²) in [7, 11) is 0. The molecule has 1 atom stereocenters. The third-order valence-corrected chi connectivity index (χ3v) is 6.53. The zero-order valence-corrected chi connectivity index (χ0v) is 18.9. The lowest BCUT2D eigenvalue weighted by Gasteiger charge is -2.36. The van der Waals surface area contributed by atoms with Crippen LogP contribution in [0.1, 0.15) is 18.9 Å². The Bertz CT molecular complexity index is 883. The number of rotatable bonds is 9. The molecule has 1 heterocycles. The van der Waals surface area contributed by atoms with Crippen molar-refractivity contribution in [3.63, 3.8) is 0 Å². The molecule has 0 bridgehead atoms. The van der Waals surface area contributed by atoms with Crippen LogP contribution in [0.2, 0.25) is 0 Å². The predicted molar refractivity (Wildman–Crippen MR) is 126 cm³/mol. The number of anilines is 1. The Hall–Kier alpha value is -2.58. The molecule has 166 valence electrons. The quantitative estimate of drug-likeness (QED) is 0.276. The first-order valence-electron chi connectivity index (χ1n) is 10.6. The second-order valence-corrected chi connectivity index (χ2v) is 9.24. The molecule has 0 aromatic heterocycles. The maximum atomic E-state index is 12.3. The number of carbonyl (C=O) groups excluding carboxylic acids is 1. The first-order valence-corrected chi connectivity index (χ1v) is 11.5. The fourth-order valence-electron chi connectivity index (χ4n) is 3.62. The number of aryl methyl sites for hydroxylation is 1. The summed E-state index contributed by atoms with van der Waals surface area (Å²) in [6.07, 6.45) is 0.922. The lowest BCUT2D eigenvalue weighted by Crippen LogP contribution is -2.47. The minimum absolute atomic E-state index is 0.00683. The van der Waals surface area contributed by atoms with Crippen molar-refractivity contribution in [2.75, 3.05) is 44.2 Å². The van der Waals surface area contributed by atoms with Gasteiger partial charge >= 0.3 is 0 Å². The van der Waals surface area contributed by atoms with Gasteiger partial charge in [0, 0.05) is 55.4 Å². The van der Waals surface area contributed by atoms with Gasteiger partial charge in [0.05, 0.1) is 10.2 Å². The predicted octanol–water partition coefficient (Wildman–Crippen LogP) is 3.71. The molecule has 31 heavy (non-hydrogen) atoms. The molecular weight excluding hydrogens is 412 g/mol. The fourth-order valence-corrected chi connectivity index (χ4v) is 4.51. The molecule has 8 heteroatoms. The maximum Gasteiger partial charge on any atom is 0.269 e. The van der Waals surface area contributed by atoms with E-state index < -0.39 is 4.92 Å². The van der Waals surface area contributed by atoms with Crippen molar-refractivity contribution in [2.24, 2.45) is 0 Å². The number of piperazine rings is 1. The van der Waals surface area contributed by atoms with Crippen LogP contribution in [-0.2, 0) is 4.79 Å². The van der Waals surface area contributed by atoms with Crippen LogP contribution in [0.5, 0.6) is 0 Å². The van der Waals surface area contributed by atoms with Crippen molar-refractivity contribution >= 4 is 29.0 Å². The van der Waals surface area contributed by atoms with Crippen LogP contribution in [-0.4, -0.2) is 60.2 Å². The van der Waals surface area contributed by atoms with E-state index in [0.29, 0.717) is 6.54 Å². The van der Waals surface area contributed by atoms with E-state index in [1.807, 2.05) is 6.92 Å². The summed E-state index contributed by atoms with van der Waals surface area (Å²) in [6, 6.07) is 14.9. The normalized spacial score (nSPS) is 15.5. The van der Waals surface area contributed by atoms with Gasteiger partial charge in [0.2, 0.25) is 5.91 Å². The number of hydrogen-bond acceptors (Lipinski definition) is 6. The maximum absolute atomic E-state index is 12.3. The van der Waals surface area contributed by atoms with Gasteiger partial charge in [-0.05, 0) is 56.6 Å². The molecule has 3 rings (SSSR count). The third kappa shape index (κ3) is 6.97.